The fraction of sp³-hybridized carbons (Fsp3) is 0. The Morgan fingerprint density at radius 1 is 1.10 bits per heavy atom. The van der Waals surface area contributed by atoms with Crippen LogP contribution in [0.5, 0.6) is 0 Å². The zero-order valence-corrected chi connectivity index (χ0v) is 12.9. The van der Waals surface area contributed by atoms with Crippen molar-refractivity contribution >= 4 is 49.7 Å². The third kappa shape index (κ3) is 2.67. The highest BCUT2D eigenvalue weighted by Gasteiger charge is 2.04. The third-order valence-corrected chi connectivity index (χ3v) is 4.70. The van der Waals surface area contributed by atoms with Gasteiger partial charge < -0.3 is 0 Å². The Kier molecular flexibility index (Phi) is 3.68. The Morgan fingerprint density at radius 3 is 2.60 bits per heavy atom. The predicted octanol–water partition coefficient (Wildman–Crippen LogP) is 5.73. The quantitative estimate of drug-likeness (QED) is 0.547. The van der Waals surface area contributed by atoms with Gasteiger partial charge in [0.2, 0.25) is 0 Å². The molecule has 96 valence electrons. The molecule has 0 aliphatic heterocycles. The minimum atomic E-state index is 0.685. The van der Waals surface area contributed by atoms with Crippen LogP contribution in [0.3, 0.4) is 0 Å². The van der Waals surface area contributed by atoms with Gasteiger partial charge in [0.25, 0.3) is 0 Å². The summed E-state index contributed by atoms with van der Waals surface area (Å²) < 4.78 is 1.05. The van der Waals surface area contributed by atoms with Crippen LogP contribution in [-0.4, -0.2) is 0 Å². The summed E-state index contributed by atoms with van der Waals surface area (Å²) in [6, 6.07) is 18.6. The number of nitrogens with zero attached hydrogens (tertiary/aromatic N) is 1. The molecule has 1 heterocycles. The van der Waals surface area contributed by atoms with Crippen molar-refractivity contribution in [1.82, 2.24) is 0 Å². The van der Waals surface area contributed by atoms with Gasteiger partial charge in [-0.1, -0.05) is 36.4 Å². The summed E-state index contributed by atoms with van der Waals surface area (Å²) in [4.78, 5) is 1.07. The minimum Gasteiger partial charge on any atom is -0.192 e. The molecule has 1 nitrogen and oxygen atoms in total. The van der Waals surface area contributed by atoms with Crippen molar-refractivity contribution in [2.24, 2.45) is 0 Å². The molecular weight excluding hydrogens is 330 g/mol. The first-order valence-corrected chi connectivity index (χ1v) is 7.78. The summed E-state index contributed by atoms with van der Waals surface area (Å²) in [5.74, 6) is 0. The van der Waals surface area contributed by atoms with E-state index in [9.17, 15) is 5.26 Å². The molecule has 0 fully saturated rings. The number of halogens is 1. The maximum atomic E-state index is 9.39. The lowest BCUT2D eigenvalue weighted by molar-refractivity contribution is 1.53. The van der Waals surface area contributed by atoms with Crippen molar-refractivity contribution in [1.29, 1.82) is 5.26 Å². The summed E-state index contributed by atoms with van der Waals surface area (Å²) in [5, 5.41) is 13.7. The Bertz CT molecular complexity index is 839. The van der Waals surface area contributed by atoms with Gasteiger partial charge in [-0.25, -0.2) is 0 Å². The topological polar surface area (TPSA) is 23.8 Å². The number of hydrogen-bond acceptors (Lipinski definition) is 2. The van der Waals surface area contributed by atoms with Gasteiger partial charge in [0, 0.05) is 14.7 Å². The highest BCUT2D eigenvalue weighted by Crippen LogP contribution is 2.26. The molecule has 0 radical (unpaired) electrons. The lowest BCUT2D eigenvalue weighted by atomic mass is 10.0. The number of thiophene rings is 1. The highest BCUT2D eigenvalue weighted by atomic mass is 79.9. The number of rotatable bonds is 2. The van der Waals surface area contributed by atoms with Crippen LogP contribution >= 0.6 is 27.3 Å². The van der Waals surface area contributed by atoms with E-state index < -0.39 is 0 Å². The number of nitriles is 1. The second-order valence-electron chi connectivity index (χ2n) is 4.40. The van der Waals surface area contributed by atoms with E-state index in [1.54, 1.807) is 11.3 Å². The molecule has 20 heavy (non-hydrogen) atoms. The van der Waals surface area contributed by atoms with E-state index >= 15 is 0 Å². The molecule has 2 aromatic carbocycles. The van der Waals surface area contributed by atoms with Crippen molar-refractivity contribution < 1.29 is 0 Å². The van der Waals surface area contributed by atoms with Crippen molar-refractivity contribution in [2.45, 2.75) is 0 Å². The van der Waals surface area contributed by atoms with Crippen molar-refractivity contribution in [2.75, 3.05) is 0 Å². The van der Waals surface area contributed by atoms with Crippen LogP contribution < -0.4 is 0 Å². The molecule has 0 saturated heterocycles. The molecule has 0 N–H and O–H groups in total. The van der Waals surface area contributed by atoms with Crippen LogP contribution in [0.1, 0.15) is 10.4 Å². The summed E-state index contributed by atoms with van der Waals surface area (Å²) in [6.07, 6.45) is 1.93. The molecule has 3 rings (SSSR count). The van der Waals surface area contributed by atoms with Gasteiger partial charge in [-0.3, -0.25) is 0 Å². The average molecular weight is 340 g/mol. The summed E-state index contributed by atoms with van der Waals surface area (Å²) in [5.41, 5.74) is 1.64. The number of fused-ring (bicyclic) bond motifs is 1. The van der Waals surface area contributed by atoms with Crippen LogP contribution in [0.2, 0.25) is 0 Å². The molecule has 3 heteroatoms. The zero-order valence-electron chi connectivity index (χ0n) is 10.5. The van der Waals surface area contributed by atoms with Crippen LogP contribution in [0, 0.1) is 11.3 Å². The normalized spacial score (nSPS) is 11.5. The Morgan fingerprint density at radius 2 is 1.90 bits per heavy atom. The first kappa shape index (κ1) is 13.1. The molecule has 0 saturated carbocycles. The first-order valence-electron chi connectivity index (χ1n) is 6.11. The van der Waals surface area contributed by atoms with Crippen molar-refractivity contribution in [3.63, 3.8) is 0 Å². The average Bonchev–Trinajstić information content (AvgIpc) is 2.89. The van der Waals surface area contributed by atoms with E-state index in [1.807, 2.05) is 35.7 Å². The van der Waals surface area contributed by atoms with Crippen molar-refractivity contribution in [3.05, 3.63) is 68.8 Å². The third-order valence-electron chi connectivity index (χ3n) is 3.06. The summed E-state index contributed by atoms with van der Waals surface area (Å²) in [6.45, 7) is 0. The highest BCUT2D eigenvalue weighted by molar-refractivity contribution is 9.10. The molecule has 0 spiro atoms. The largest absolute Gasteiger partial charge is 0.192 e. The molecule has 0 amide bonds. The lowest BCUT2D eigenvalue weighted by Crippen LogP contribution is -1.82. The Labute approximate surface area is 129 Å². The van der Waals surface area contributed by atoms with Crippen LogP contribution in [0.25, 0.3) is 22.4 Å². The Balaban J connectivity index is 2.07. The van der Waals surface area contributed by atoms with Gasteiger partial charge in [-0.05, 0) is 50.5 Å². The maximum Gasteiger partial charge on any atom is 0.0998 e. The molecule has 0 aliphatic carbocycles. The number of benzene rings is 2. The van der Waals surface area contributed by atoms with Gasteiger partial charge in [0.1, 0.15) is 0 Å². The van der Waals surface area contributed by atoms with Gasteiger partial charge in [0.15, 0.2) is 0 Å². The fourth-order valence-corrected chi connectivity index (χ4v) is 3.46. The fourth-order valence-electron chi connectivity index (χ4n) is 2.08. The molecule has 0 bridgehead atoms. The number of hydrogen-bond donors (Lipinski definition) is 0. The van der Waals surface area contributed by atoms with Crippen LogP contribution in [0.4, 0.5) is 0 Å². The summed E-state index contributed by atoms with van der Waals surface area (Å²) in [7, 11) is 0. The smallest absolute Gasteiger partial charge is 0.0998 e. The SMILES string of the molecule is N#CC(=Cc1cc(Br)cs1)c1ccc2ccccc2c1. The second-order valence-corrected chi connectivity index (χ2v) is 6.26. The monoisotopic (exact) mass is 339 g/mol. The maximum absolute atomic E-state index is 9.39. The van der Waals surface area contributed by atoms with Gasteiger partial charge in [0.05, 0.1) is 11.6 Å². The molecular formula is C17H10BrNS. The molecule has 3 aromatic rings. The molecule has 0 unspecified atom stereocenters. The van der Waals surface area contributed by atoms with E-state index in [-0.39, 0.29) is 0 Å². The van der Waals surface area contributed by atoms with E-state index in [0.717, 1.165) is 20.3 Å². The van der Waals surface area contributed by atoms with E-state index in [4.69, 9.17) is 0 Å². The predicted molar refractivity (Wildman–Crippen MR) is 89.5 cm³/mol. The van der Waals surface area contributed by atoms with E-state index in [1.165, 1.54) is 5.39 Å². The molecule has 0 atom stereocenters. The van der Waals surface area contributed by atoms with Gasteiger partial charge in [-0.15, -0.1) is 11.3 Å². The van der Waals surface area contributed by atoms with Crippen molar-refractivity contribution in [3.8, 4) is 6.07 Å². The van der Waals surface area contributed by atoms with Crippen LogP contribution in [-0.2, 0) is 0 Å². The van der Waals surface area contributed by atoms with E-state index in [2.05, 4.69) is 46.3 Å². The summed E-state index contributed by atoms with van der Waals surface area (Å²) >= 11 is 5.05. The minimum absolute atomic E-state index is 0.685. The van der Waals surface area contributed by atoms with Crippen LogP contribution in [0.15, 0.2) is 58.4 Å². The number of allylic oxidation sites excluding steroid dienone is 1. The van der Waals surface area contributed by atoms with Gasteiger partial charge in [-0.2, -0.15) is 5.26 Å². The molecule has 0 aliphatic rings. The first-order chi connectivity index (χ1) is 9.76. The lowest BCUT2D eigenvalue weighted by Gasteiger charge is -2.02. The zero-order chi connectivity index (χ0) is 13.9. The second kappa shape index (κ2) is 5.62. The standard InChI is InChI=1S/C17H10BrNS/c18-16-9-17(20-11-16)8-15(10-19)14-6-5-12-3-1-2-4-13(12)7-14/h1-9,11H. The molecule has 1 aromatic heterocycles. The Hall–Kier alpha value is -1.89. The van der Waals surface area contributed by atoms with Gasteiger partial charge >= 0.3 is 0 Å². The van der Waals surface area contributed by atoms with E-state index in [0.29, 0.717) is 5.57 Å².